The lowest BCUT2D eigenvalue weighted by molar-refractivity contribution is -0.140. The molecule has 1 saturated heterocycles. The van der Waals surface area contributed by atoms with E-state index < -0.39 is 0 Å². The highest BCUT2D eigenvalue weighted by Crippen LogP contribution is 2.10. The molecule has 0 atom stereocenters. The van der Waals surface area contributed by atoms with E-state index >= 15 is 0 Å². The molecule has 1 aliphatic rings. The van der Waals surface area contributed by atoms with Crippen LogP contribution in [0.5, 0.6) is 0 Å². The van der Waals surface area contributed by atoms with Crippen LogP contribution >= 0.6 is 24.0 Å². The lowest BCUT2D eigenvalue weighted by Crippen LogP contribution is -2.50. The smallest absolute Gasteiger partial charge is 0.222 e. The van der Waals surface area contributed by atoms with Crippen molar-refractivity contribution in [3.05, 3.63) is 0 Å². The van der Waals surface area contributed by atoms with Gasteiger partial charge in [-0.25, -0.2) is 0 Å². The zero-order valence-corrected chi connectivity index (χ0v) is 19.7. The molecule has 7 nitrogen and oxygen atoms in total. The Kier molecular flexibility index (Phi) is 13.5. The Balaban J connectivity index is 0.00000676. The van der Waals surface area contributed by atoms with Gasteiger partial charge in [-0.05, 0) is 32.6 Å². The van der Waals surface area contributed by atoms with E-state index in [0.717, 1.165) is 19.3 Å². The highest BCUT2D eigenvalue weighted by Gasteiger charge is 2.23. The van der Waals surface area contributed by atoms with Gasteiger partial charge in [0.25, 0.3) is 0 Å². The summed E-state index contributed by atoms with van der Waals surface area (Å²) in [4.78, 5) is 32.4. The molecule has 0 aliphatic carbocycles. The molecule has 8 heteroatoms. The van der Waals surface area contributed by atoms with Gasteiger partial charge in [-0.15, -0.1) is 24.0 Å². The normalized spacial score (nSPS) is 15.1. The van der Waals surface area contributed by atoms with Crippen LogP contribution in [0.3, 0.4) is 0 Å². The molecule has 0 saturated carbocycles. The van der Waals surface area contributed by atoms with Gasteiger partial charge in [0.15, 0.2) is 5.96 Å². The Morgan fingerprint density at radius 3 is 2.04 bits per heavy atom. The second-order valence-electron chi connectivity index (χ2n) is 7.74. The summed E-state index contributed by atoms with van der Waals surface area (Å²) >= 11 is 0. The standard InChI is InChI=1S/C19H37N5O2.HI/c1-15(2)14-18(26)24-12-10-23(11-13-24)17(25)8-6-5-7-9-21-19(20)22-16(3)4;/h15-16H,5-14H2,1-4H3,(H3,20,21,22);1H. The maximum atomic E-state index is 12.3. The van der Waals surface area contributed by atoms with Gasteiger partial charge < -0.3 is 20.9 Å². The number of rotatable bonds is 9. The molecule has 0 unspecified atom stereocenters. The summed E-state index contributed by atoms with van der Waals surface area (Å²) in [6.45, 7) is 11.5. The maximum Gasteiger partial charge on any atom is 0.222 e. The number of guanidine groups is 1. The molecule has 0 bridgehead atoms. The molecular weight excluding hydrogens is 457 g/mol. The predicted molar refractivity (Wildman–Crippen MR) is 121 cm³/mol. The van der Waals surface area contributed by atoms with Crippen molar-refractivity contribution in [2.75, 3.05) is 32.7 Å². The summed E-state index contributed by atoms with van der Waals surface area (Å²) in [5.41, 5.74) is 5.74. The minimum absolute atomic E-state index is 0. The number of nitrogens with two attached hydrogens (primary N) is 1. The van der Waals surface area contributed by atoms with E-state index in [9.17, 15) is 9.59 Å². The summed E-state index contributed by atoms with van der Waals surface area (Å²) in [7, 11) is 0. The second kappa shape index (κ2) is 14.0. The summed E-state index contributed by atoms with van der Waals surface area (Å²) in [6.07, 6.45) is 3.94. The van der Waals surface area contributed by atoms with Crippen LogP contribution in [0.2, 0.25) is 0 Å². The molecule has 1 heterocycles. The fourth-order valence-corrected chi connectivity index (χ4v) is 2.95. The van der Waals surface area contributed by atoms with Gasteiger partial charge in [0, 0.05) is 51.6 Å². The molecule has 1 fully saturated rings. The average Bonchev–Trinajstić information content (AvgIpc) is 2.56. The zero-order valence-electron chi connectivity index (χ0n) is 17.4. The van der Waals surface area contributed by atoms with E-state index in [0.29, 0.717) is 57.4 Å². The van der Waals surface area contributed by atoms with Crippen molar-refractivity contribution >= 4 is 41.8 Å². The summed E-state index contributed by atoms with van der Waals surface area (Å²) in [5, 5.41) is 3.06. The number of piperazine rings is 1. The third-order valence-corrected chi connectivity index (χ3v) is 4.34. The molecule has 0 aromatic carbocycles. The Morgan fingerprint density at radius 1 is 0.963 bits per heavy atom. The van der Waals surface area contributed by atoms with Gasteiger partial charge in [0.05, 0.1) is 0 Å². The molecule has 158 valence electrons. The average molecular weight is 495 g/mol. The van der Waals surface area contributed by atoms with Gasteiger partial charge in [-0.1, -0.05) is 20.3 Å². The number of carbonyl (C=O) groups excluding carboxylic acids is 2. The molecule has 0 spiro atoms. The second-order valence-corrected chi connectivity index (χ2v) is 7.74. The van der Waals surface area contributed by atoms with Crippen LogP contribution in [-0.4, -0.2) is 66.3 Å². The van der Waals surface area contributed by atoms with E-state index in [1.54, 1.807) is 0 Å². The number of nitrogens with zero attached hydrogens (tertiary/aromatic N) is 3. The van der Waals surface area contributed by atoms with Gasteiger partial charge in [0.2, 0.25) is 11.8 Å². The van der Waals surface area contributed by atoms with Crippen molar-refractivity contribution in [1.29, 1.82) is 0 Å². The Labute approximate surface area is 181 Å². The molecule has 1 aliphatic heterocycles. The van der Waals surface area contributed by atoms with Crippen LogP contribution in [0.15, 0.2) is 4.99 Å². The largest absolute Gasteiger partial charge is 0.370 e. The molecule has 0 radical (unpaired) electrons. The van der Waals surface area contributed by atoms with E-state index in [2.05, 4.69) is 24.2 Å². The van der Waals surface area contributed by atoms with Gasteiger partial charge in [-0.2, -0.15) is 0 Å². The van der Waals surface area contributed by atoms with Crippen LogP contribution in [-0.2, 0) is 9.59 Å². The monoisotopic (exact) mass is 495 g/mol. The van der Waals surface area contributed by atoms with Crippen molar-refractivity contribution in [2.45, 2.75) is 65.8 Å². The molecule has 0 aromatic heterocycles. The van der Waals surface area contributed by atoms with Crippen molar-refractivity contribution in [3.8, 4) is 0 Å². The topological polar surface area (TPSA) is 91.0 Å². The van der Waals surface area contributed by atoms with E-state index in [-0.39, 0.29) is 41.8 Å². The van der Waals surface area contributed by atoms with Crippen LogP contribution < -0.4 is 11.1 Å². The lowest BCUT2D eigenvalue weighted by atomic mass is 10.1. The maximum absolute atomic E-state index is 12.3. The summed E-state index contributed by atoms with van der Waals surface area (Å²) in [6, 6.07) is 0.289. The quantitative estimate of drug-likeness (QED) is 0.222. The first kappa shape index (κ1) is 25.9. The van der Waals surface area contributed by atoms with E-state index in [1.807, 2.05) is 23.6 Å². The van der Waals surface area contributed by atoms with Crippen LogP contribution in [0.1, 0.15) is 59.8 Å². The van der Waals surface area contributed by atoms with Crippen molar-refractivity contribution < 1.29 is 9.59 Å². The van der Waals surface area contributed by atoms with Crippen LogP contribution in [0.25, 0.3) is 0 Å². The molecular formula is C19H38IN5O2. The number of amides is 2. The van der Waals surface area contributed by atoms with Gasteiger partial charge in [-0.3, -0.25) is 14.6 Å². The van der Waals surface area contributed by atoms with Gasteiger partial charge >= 0.3 is 0 Å². The predicted octanol–water partition coefficient (Wildman–Crippen LogP) is 2.19. The Bertz CT molecular complexity index is 475. The molecule has 2 amide bonds. The molecule has 1 rings (SSSR count). The van der Waals surface area contributed by atoms with Crippen LogP contribution in [0.4, 0.5) is 0 Å². The molecule has 3 N–H and O–H groups in total. The zero-order chi connectivity index (χ0) is 19.5. The molecule has 27 heavy (non-hydrogen) atoms. The highest BCUT2D eigenvalue weighted by atomic mass is 127. The third kappa shape index (κ3) is 11.4. The van der Waals surface area contributed by atoms with Gasteiger partial charge in [0.1, 0.15) is 0 Å². The van der Waals surface area contributed by atoms with Crippen LogP contribution in [0, 0.1) is 5.92 Å². The number of hydrogen-bond acceptors (Lipinski definition) is 3. The fourth-order valence-electron chi connectivity index (χ4n) is 2.95. The SMILES string of the molecule is CC(C)CC(=O)N1CCN(C(=O)CCCCCN=C(N)NC(C)C)CC1.I. The fraction of sp³-hybridized carbons (Fsp3) is 0.842. The number of carbonyl (C=O) groups is 2. The Morgan fingerprint density at radius 2 is 1.52 bits per heavy atom. The van der Waals surface area contributed by atoms with E-state index in [1.165, 1.54) is 0 Å². The van der Waals surface area contributed by atoms with Crippen molar-refractivity contribution in [2.24, 2.45) is 16.6 Å². The minimum atomic E-state index is 0. The number of hydrogen-bond donors (Lipinski definition) is 2. The number of unbranched alkanes of at least 4 members (excludes halogenated alkanes) is 2. The third-order valence-electron chi connectivity index (χ3n) is 4.34. The minimum Gasteiger partial charge on any atom is -0.370 e. The lowest BCUT2D eigenvalue weighted by Gasteiger charge is -2.35. The van der Waals surface area contributed by atoms with Crippen molar-refractivity contribution in [1.82, 2.24) is 15.1 Å². The highest BCUT2D eigenvalue weighted by molar-refractivity contribution is 14.0. The summed E-state index contributed by atoms with van der Waals surface area (Å²) < 4.78 is 0. The number of nitrogens with one attached hydrogen (secondary N) is 1. The number of aliphatic imine (C=N–C) groups is 1. The summed E-state index contributed by atoms with van der Waals surface area (Å²) in [5.74, 6) is 1.27. The first-order chi connectivity index (χ1) is 12.3. The first-order valence-electron chi connectivity index (χ1n) is 9.91. The van der Waals surface area contributed by atoms with Crippen molar-refractivity contribution in [3.63, 3.8) is 0 Å². The molecule has 0 aromatic rings. The number of halogens is 1. The van der Waals surface area contributed by atoms with E-state index in [4.69, 9.17) is 5.73 Å². The Hall–Kier alpha value is -1.06. The first-order valence-corrected chi connectivity index (χ1v) is 9.91.